The second-order valence-corrected chi connectivity index (χ2v) is 13.0. The first kappa shape index (κ1) is 35.5. The fourth-order valence-corrected chi connectivity index (χ4v) is 5.51. The number of hydrogen-bond acceptors (Lipinski definition) is 7. The first-order chi connectivity index (χ1) is 19.9. The Hall–Kier alpha value is -3.74. The van der Waals surface area contributed by atoms with Crippen molar-refractivity contribution in [1.29, 1.82) is 5.26 Å². The number of carbonyl (C=O) groups is 2. The Labute approximate surface area is 263 Å². The lowest BCUT2D eigenvalue weighted by Gasteiger charge is -2.30. The summed E-state index contributed by atoms with van der Waals surface area (Å²) in [7, 11) is 1.56. The van der Waals surface area contributed by atoms with Crippen molar-refractivity contribution in [3.05, 3.63) is 60.6 Å². The third kappa shape index (κ3) is 7.62. The number of nitriles is 1. The molecule has 43 heavy (non-hydrogen) atoms. The molecule has 0 N–H and O–H groups in total. The van der Waals surface area contributed by atoms with Crippen LogP contribution in [0.4, 0.5) is 15.4 Å². The summed E-state index contributed by atoms with van der Waals surface area (Å²) in [6.45, 7) is 23.7. The predicted octanol–water partition coefficient (Wildman–Crippen LogP) is 7.80. The van der Waals surface area contributed by atoms with Crippen molar-refractivity contribution in [3.63, 3.8) is 0 Å². The van der Waals surface area contributed by atoms with Crippen molar-refractivity contribution < 1.29 is 23.8 Å². The first-order valence-electron chi connectivity index (χ1n) is 13.9. The van der Waals surface area contributed by atoms with E-state index < -0.39 is 23.4 Å². The van der Waals surface area contributed by atoms with Crippen molar-refractivity contribution in [2.24, 2.45) is 0 Å². The lowest BCUT2D eigenvalue weighted by molar-refractivity contribution is 0.0428. The monoisotopic (exact) mass is 627 g/mol. The van der Waals surface area contributed by atoms with Gasteiger partial charge in [0, 0.05) is 15.8 Å². The van der Waals surface area contributed by atoms with Crippen LogP contribution in [0.25, 0.3) is 17.3 Å². The number of ether oxygens (including phenoxy) is 3. The summed E-state index contributed by atoms with van der Waals surface area (Å²) in [6.07, 6.45) is -2.02. The molecule has 3 aromatic rings. The second-order valence-electron chi connectivity index (χ2n) is 11.5. The molecule has 1 aromatic carbocycles. The number of nitrogens with zero attached hydrogens (tertiary/aromatic N) is 3. The minimum absolute atomic E-state index is 0.00126. The van der Waals surface area contributed by atoms with Gasteiger partial charge in [0.2, 0.25) is 0 Å². The average Bonchev–Trinajstić information content (AvgIpc) is 3.44. The molecule has 0 aliphatic carbocycles. The molecule has 232 valence electrons. The fraction of sp³-hybridized carbons (Fsp3) is 0.424. The number of aryl methyl sites for hydroxylation is 1. The Morgan fingerprint density at radius 2 is 1.56 bits per heavy atom. The number of methoxy groups -OCH3 is 1. The Balaban J connectivity index is 0.00000316. The highest BCUT2D eigenvalue weighted by molar-refractivity contribution is 7.08. The van der Waals surface area contributed by atoms with Gasteiger partial charge in [-0.05, 0) is 90.6 Å². The summed E-state index contributed by atoms with van der Waals surface area (Å²) in [5.74, 6) is 0.512. The second kappa shape index (κ2) is 13.7. The van der Waals surface area contributed by atoms with Crippen molar-refractivity contribution in [2.45, 2.75) is 87.4 Å². The van der Waals surface area contributed by atoms with Gasteiger partial charge in [0.1, 0.15) is 28.6 Å². The molecule has 0 spiro atoms. The zero-order valence-electron chi connectivity index (χ0n) is 27.2. The highest BCUT2D eigenvalue weighted by atomic mass is 35.5. The zero-order chi connectivity index (χ0) is 33.0. The van der Waals surface area contributed by atoms with Crippen LogP contribution in [0.3, 0.4) is 0 Å². The fourth-order valence-electron chi connectivity index (χ4n) is 4.43. The topological polar surface area (TPSA) is 93.8 Å². The van der Waals surface area contributed by atoms with Crippen LogP contribution in [-0.2, 0) is 9.47 Å². The van der Waals surface area contributed by atoms with Crippen LogP contribution < -0.4 is 20.1 Å². The van der Waals surface area contributed by atoms with E-state index in [0.29, 0.717) is 37.3 Å². The van der Waals surface area contributed by atoms with E-state index in [1.54, 1.807) is 60.1 Å². The minimum Gasteiger partial charge on any atom is -0.496 e. The molecule has 8 nitrogen and oxygen atoms in total. The SMILES string of the molecule is C=c1ccs/c1=c1/c(=C(\C)Cl)c(C#N)c(N(C(=O)OC(C)(C)C)C(=O)OC(C)(C)C)n1-c1c(C)ccc(OC)c1C.CC. The van der Waals surface area contributed by atoms with Crippen LogP contribution in [-0.4, -0.2) is 35.1 Å². The van der Waals surface area contributed by atoms with Crippen molar-refractivity contribution in [1.82, 2.24) is 4.57 Å². The number of aromatic nitrogens is 1. The summed E-state index contributed by atoms with van der Waals surface area (Å²) in [6, 6.07) is 7.76. The van der Waals surface area contributed by atoms with E-state index >= 15 is 0 Å². The normalized spacial score (nSPS) is 12.8. The number of carbonyl (C=O) groups excluding carboxylic acids is 2. The van der Waals surface area contributed by atoms with Gasteiger partial charge >= 0.3 is 12.2 Å². The smallest absolute Gasteiger partial charge is 0.425 e. The van der Waals surface area contributed by atoms with Crippen LogP contribution in [0, 0.1) is 35.1 Å². The Morgan fingerprint density at radius 3 is 1.95 bits per heavy atom. The van der Waals surface area contributed by atoms with Crippen LogP contribution >= 0.6 is 22.9 Å². The van der Waals surface area contributed by atoms with Gasteiger partial charge < -0.3 is 14.2 Å². The number of hydrogen-bond donors (Lipinski definition) is 0. The van der Waals surface area contributed by atoms with Crippen molar-refractivity contribution in [2.75, 3.05) is 12.0 Å². The van der Waals surface area contributed by atoms with Crippen LogP contribution in [0.2, 0.25) is 0 Å². The van der Waals surface area contributed by atoms with Gasteiger partial charge in [0.15, 0.2) is 5.82 Å². The average molecular weight is 628 g/mol. The van der Waals surface area contributed by atoms with Crippen molar-refractivity contribution >= 4 is 52.6 Å². The van der Waals surface area contributed by atoms with E-state index in [2.05, 4.69) is 12.6 Å². The third-order valence-electron chi connectivity index (χ3n) is 5.95. The summed E-state index contributed by atoms with van der Waals surface area (Å²) in [5, 5.41) is 14.3. The molecule has 0 aliphatic rings. The maximum absolute atomic E-state index is 13.9. The molecule has 2 amide bonds. The molecule has 0 saturated carbocycles. The summed E-state index contributed by atoms with van der Waals surface area (Å²) in [5.41, 5.74) is 0.178. The van der Waals surface area contributed by atoms with E-state index in [4.69, 9.17) is 25.8 Å². The minimum atomic E-state index is -1.01. The van der Waals surface area contributed by atoms with Crippen molar-refractivity contribution in [3.8, 4) is 17.5 Å². The molecule has 0 fully saturated rings. The molecule has 2 aromatic heterocycles. The largest absolute Gasteiger partial charge is 0.496 e. The Morgan fingerprint density at radius 1 is 1.02 bits per heavy atom. The highest BCUT2D eigenvalue weighted by Gasteiger charge is 2.38. The van der Waals surface area contributed by atoms with Crippen LogP contribution in [0.5, 0.6) is 5.75 Å². The molecule has 0 unspecified atom stereocenters. The summed E-state index contributed by atoms with van der Waals surface area (Å²) in [4.78, 5) is 28.5. The van der Waals surface area contributed by atoms with Crippen LogP contribution in [0.15, 0.2) is 23.6 Å². The molecular weight excluding hydrogens is 586 g/mol. The Kier molecular flexibility index (Phi) is 11.3. The van der Waals surface area contributed by atoms with Gasteiger partial charge in [-0.1, -0.05) is 38.1 Å². The van der Waals surface area contributed by atoms with Gasteiger partial charge in [-0.2, -0.15) is 10.2 Å². The third-order valence-corrected chi connectivity index (χ3v) is 7.11. The van der Waals surface area contributed by atoms with Gasteiger partial charge in [-0.25, -0.2) is 9.59 Å². The molecule has 0 aliphatic heterocycles. The molecule has 0 radical (unpaired) electrons. The maximum atomic E-state index is 13.9. The number of halogens is 1. The van der Waals surface area contributed by atoms with E-state index in [1.807, 2.05) is 51.3 Å². The highest BCUT2D eigenvalue weighted by Crippen LogP contribution is 2.35. The standard InChI is InChI=1S/C31H36ClN3O5S.C2H6/c1-17-12-13-22(38-11)19(3)24(17)34-25(26-18(2)14-15-41-26)23(20(4)32)21(16-33)27(34)35(28(36)39-30(5,6)7)29(37)40-31(8,9)10;1-2/h12-15H,2H2,1,3-11H3;1-2H3/b23-20+,26-25-;. The number of benzene rings is 1. The number of imide groups is 1. The lowest BCUT2D eigenvalue weighted by Crippen LogP contribution is -2.45. The Bertz CT molecular complexity index is 1740. The van der Waals surface area contributed by atoms with Gasteiger partial charge in [-0.3, -0.25) is 4.57 Å². The molecule has 3 rings (SSSR count). The number of thiophene rings is 1. The summed E-state index contributed by atoms with van der Waals surface area (Å²) < 4.78 is 19.4. The number of amides is 2. The number of rotatable bonds is 3. The van der Waals surface area contributed by atoms with E-state index in [9.17, 15) is 14.9 Å². The molecular formula is C33H42ClN3O5S. The van der Waals surface area contributed by atoms with E-state index in [-0.39, 0.29) is 16.4 Å². The molecule has 0 atom stereocenters. The quantitative estimate of drug-likeness (QED) is 0.294. The first-order valence-corrected chi connectivity index (χ1v) is 15.2. The molecule has 0 bridgehead atoms. The maximum Gasteiger partial charge on any atom is 0.425 e. The molecule has 0 saturated heterocycles. The lowest BCUT2D eigenvalue weighted by atomic mass is 10.1. The number of anilines is 1. The molecule has 10 heteroatoms. The predicted molar refractivity (Wildman–Crippen MR) is 175 cm³/mol. The van der Waals surface area contributed by atoms with Gasteiger partial charge in [-0.15, -0.1) is 11.3 Å². The van der Waals surface area contributed by atoms with Gasteiger partial charge in [0.25, 0.3) is 0 Å². The van der Waals surface area contributed by atoms with E-state index in [0.717, 1.165) is 10.5 Å². The van der Waals surface area contributed by atoms with E-state index in [1.165, 1.54) is 11.3 Å². The van der Waals surface area contributed by atoms with Crippen LogP contribution in [0.1, 0.15) is 79.0 Å². The summed E-state index contributed by atoms with van der Waals surface area (Å²) >= 11 is 8.11. The molecule has 2 heterocycles. The van der Waals surface area contributed by atoms with Gasteiger partial charge in [0.05, 0.1) is 22.7 Å². The zero-order valence-corrected chi connectivity index (χ0v) is 28.8.